The van der Waals surface area contributed by atoms with E-state index in [1.165, 1.54) is 22.9 Å². The van der Waals surface area contributed by atoms with Crippen molar-refractivity contribution in [2.75, 3.05) is 0 Å². The Balaban J connectivity index is 2.24. The molecule has 3 rings (SSSR count). The number of nitrogens with two attached hydrogens (primary N) is 1. The Kier molecular flexibility index (Phi) is 4.45. The van der Waals surface area contributed by atoms with Crippen LogP contribution in [-0.2, 0) is 0 Å². The van der Waals surface area contributed by atoms with Crippen LogP contribution in [0.2, 0.25) is 0 Å². The van der Waals surface area contributed by atoms with Crippen LogP contribution in [0.4, 0.5) is 4.39 Å². The summed E-state index contributed by atoms with van der Waals surface area (Å²) in [4.78, 5) is 28.3. The minimum atomic E-state index is -0.675. The summed E-state index contributed by atoms with van der Waals surface area (Å²) in [7, 11) is 0. The molecule has 0 aliphatic heterocycles. The quantitative estimate of drug-likeness (QED) is 0.776. The first-order chi connectivity index (χ1) is 11.9. The van der Waals surface area contributed by atoms with Crippen molar-refractivity contribution in [2.45, 2.75) is 19.9 Å². The molecule has 2 N–H and O–H groups in total. The molecule has 1 aromatic carbocycles. The van der Waals surface area contributed by atoms with E-state index >= 15 is 0 Å². The number of thiazole rings is 1. The van der Waals surface area contributed by atoms with Gasteiger partial charge in [0.15, 0.2) is 5.01 Å². The minimum absolute atomic E-state index is 0.0957. The van der Waals surface area contributed by atoms with Crippen LogP contribution in [0.1, 0.15) is 29.7 Å². The van der Waals surface area contributed by atoms with Gasteiger partial charge in [-0.05, 0) is 32.0 Å². The van der Waals surface area contributed by atoms with Gasteiger partial charge < -0.3 is 5.73 Å². The van der Waals surface area contributed by atoms with E-state index in [0.29, 0.717) is 21.8 Å². The van der Waals surface area contributed by atoms with Gasteiger partial charge in [0.1, 0.15) is 11.5 Å². The molecule has 0 aliphatic rings. The maximum atomic E-state index is 13.6. The van der Waals surface area contributed by atoms with Crippen molar-refractivity contribution >= 4 is 17.2 Å². The molecule has 0 spiro atoms. The van der Waals surface area contributed by atoms with Crippen molar-refractivity contribution in [1.29, 1.82) is 0 Å². The number of benzene rings is 1. The van der Waals surface area contributed by atoms with Gasteiger partial charge in [-0.25, -0.2) is 14.1 Å². The molecule has 3 aromatic rings. The third-order valence-electron chi connectivity index (χ3n) is 3.48. The third kappa shape index (κ3) is 3.34. The molecule has 8 heteroatoms. The lowest BCUT2D eigenvalue weighted by Gasteiger charge is -2.09. The molecule has 2 heterocycles. The second-order valence-corrected chi connectivity index (χ2v) is 6.67. The Hall–Kier alpha value is -2.87. The number of hydrogen-bond acceptors (Lipinski definition) is 5. The first-order valence-electron chi connectivity index (χ1n) is 7.53. The summed E-state index contributed by atoms with van der Waals surface area (Å²) in [5.74, 6) is -1.09. The SMILES string of the molecule is CC(C)n1nc(-c2sc(C(N)=O)nc2-c2cccc(F)c2)ccc1=O. The Bertz CT molecular complexity index is 1010. The summed E-state index contributed by atoms with van der Waals surface area (Å²) in [5.41, 5.74) is 6.49. The predicted octanol–water partition coefficient (Wildman–Crippen LogP) is 2.85. The summed E-state index contributed by atoms with van der Waals surface area (Å²) >= 11 is 1.06. The van der Waals surface area contributed by atoms with Gasteiger partial charge in [0.25, 0.3) is 11.5 Å². The maximum Gasteiger partial charge on any atom is 0.277 e. The highest BCUT2D eigenvalue weighted by Gasteiger charge is 2.20. The molecule has 0 saturated carbocycles. The van der Waals surface area contributed by atoms with Crippen molar-refractivity contribution in [3.8, 4) is 21.8 Å². The fourth-order valence-corrected chi connectivity index (χ4v) is 3.25. The zero-order chi connectivity index (χ0) is 18.1. The summed E-state index contributed by atoms with van der Waals surface area (Å²) in [6, 6.07) is 8.71. The van der Waals surface area contributed by atoms with E-state index in [9.17, 15) is 14.0 Å². The topological polar surface area (TPSA) is 90.9 Å². The Labute approximate surface area is 146 Å². The number of carbonyl (C=O) groups is 1. The van der Waals surface area contributed by atoms with Crippen LogP contribution < -0.4 is 11.3 Å². The van der Waals surface area contributed by atoms with Crippen molar-refractivity contribution in [3.05, 3.63) is 57.6 Å². The highest BCUT2D eigenvalue weighted by atomic mass is 32.1. The highest BCUT2D eigenvalue weighted by molar-refractivity contribution is 7.17. The summed E-state index contributed by atoms with van der Waals surface area (Å²) in [6.07, 6.45) is 0. The molecule has 0 unspecified atom stereocenters. The molecule has 0 fully saturated rings. The molecule has 2 aromatic heterocycles. The van der Waals surface area contributed by atoms with Gasteiger partial charge in [0.05, 0.1) is 16.6 Å². The van der Waals surface area contributed by atoms with E-state index in [2.05, 4.69) is 10.1 Å². The number of rotatable bonds is 4. The van der Waals surface area contributed by atoms with Crippen LogP contribution in [0, 0.1) is 5.82 Å². The number of hydrogen-bond donors (Lipinski definition) is 1. The number of carbonyl (C=O) groups excluding carboxylic acids is 1. The number of nitrogens with zero attached hydrogens (tertiary/aromatic N) is 3. The summed E-state index contributed by atoms with van der Waals surface area (Å²) in [5, 5.41) is 4.45. The fourth-order valence-electron chi connectivity index (χ4n) is 2.35. The molecule has 128 valence electrons. The van der Waals surface area contributed by atoms with Gasteiger partial charge in [-0.3, -0.25) is 9.59 Å². The minimum Gasteiger partial charge on any atom is -0.364 e. The third-order valence-corrected chi connectivity index (χ3v) is 4.58. The summed E-state index contributed by atoms with van der Waals surface area (Å²) in [6.45, 7) is 3.68. The Morgan fingerprint density at radius 1 is 1.28 bits per heavy atom. The number of primary amides is 1. The van der Waals surface area contributed by atoms with Crippen LogP contribution in [0.15, 0.2) is 41.2 Å². The average Bonchev–Trinajstić information content (AvgIpc) is 3.00. The summed E-state index contributed by atoms with van der Waals surface area (Å²) < 4.78 is 14.9. The predicted molar refractivity (Wildman–Crippen MR) is 93.9 cm³/mol. The van der Waals surface area contributed by atoms with Gasteiger partial charge in [-0.2, -0.15) is 5.10 Å². The van der Waals surface area contributed by atoms with Gasteiger partial charge >= 0.3 is 0 Å². The lowest BCUT2D eigenvalue weighted by atomic mass is 10.1. The van der Waals surface area contributed by atoms with Crippen molar-refractivity contribution in [1.82, 2.24) is 14.8 Å². The van der Waals surface area contributed by atoms with Gasteiger partial charge in [0.2, 0.25) is 0 Å². The van der Waals surface area contributed by atoms with Gasteiger partial charge in [-0.15, -0.1) is 11.3 Å². The fraction of sp³-hybridized carbons (Fsp3) is 0.176. The Morgan fingerprint density at radius 3 is 2.68 bits per heavy atom. The molecular weight excluding hydrogens is 343 g/mol. The van der Waals surface area contributed by atoms with E-state index in [-0.39, 0.29) is 16.6 Å². The lowest BCUT2D eigenvalue weighted by molar-refractivity contribution is 0.1000. The van der Waals surface area contributed by atoms with Crippen molar-refractivity contribution in [3.63, 3.8) is 0 Å². The van der Waals surface area contributed by atoms with Crippen molar-refractivity contribution in [2.24, 2.45) is 5.73 Å². The number of amides is 1. The maximum absolute atomic E-state index is 13.6. The molecule has 0 saturated heterocycles. The zero-order valence-corrected chi connectivity index (χ0v) is 14.4. The van der Waals surface area contributed by atoms with Crippen LogP contribution in [0.25, 0.3) is 21.8 Å². The average molecular weight is 358 g/mol. The van der Waals surface area contributed by atoms with Crippen LogP contribution in [0.3, 0.4) is 0 Å². The molecule has 25 heavy (non-hydrogen) atoms. The molecule has 0 radical (unpaired) electrons. The van der Waals surface area contributed by atoms with Crippen LogP contribution in [0.5, 0.6) is 0 Å². The largest absolute Gasteiger partial charge is 0.364 e. The molecule has 0 bridgehead atoms. The first kappa shape index (κ1) is 17.0. The molecule has 0 aliphatic carbocycles. The van der Waals surface area contributed by atoms with Crippen LogP contribution >= 0.6 is 11.3 Å². The van der Waals surface area contributed by atoms with E-state index in [1.54, 1.807) is 18.2 Å². The normalized spacial score (nSPS) is 11.0. The highest BCUT2D eigenvalue weighted by Crippen LogP contribution is 2.35. The second kappa shape index (κ2) is 6.56. The second-order valence-electron chi connectivity index (χ2n) is 5.67. The Morgan fingerprint density at radius 2 is 2.04 bits per heavy atom. The van der Waals surface area contributed by atoms with E-state index in [1.807, 2.05) is 13.8 Å². The van der Waals surface area contributed by atoms with E-state index < -0.39 is 11.7 Å². The van der Waals surface area contributed by atoms with Crippen LogP contribution in [-0.4, -0.2) is 20.7 Å². The van der Waals surface area contributed by atoms with Crippen molar-refractivity contribution < 1.29 is 9.18 Å². The molecule has 1 amide bonds. The number of aromatic nitrogens is 3. The van der Waals surface area contributed by atoms with E-state index in [0.717, 1.165) is 11.3 Å². The zero-order valence-electron chi connectivity index (χ0n) is 13.6. The van der Waals surface area contributed by atoms with Gasteiger partial charge in [-0.1, -0.05) is 12.1 Å². The molecule has 0 atom stereocenters. The molecule has 6 nitrogen and oxygen atoms in total. The smallest absolute Gasteiger partial charge is 0.277 e. The van der Waals surface area contributed by atoms with E-state index in [4.69, 9.17) is 5.73 Å². The lowest BCUT2D eigenvalue weighted by Crippen LogP contribution is -2.23. The molecular formula is C17H15FN4O2S. The number of halogens is 1. The first-order valence-corrected chi connectivity index (χ1v) is 8.35. The monoisotopic (exact) mass is 358 g/mol. The standard InChI is InChI=1S/C17H15FN4O2S/c1-9(2)22-13(23)7-6-12(21-22)15-14(20-17(25-15)16(19)24)10-4-3-5-11(18)8-10/h3-9H,1-2H3,(H2,19,24). The van der Waals surface area contributed by atoms with Gasteiger partial charge in [0, 0.05) is 11.6 Å².